The minimum Gasteiger partial charge on any atom is -0.373 e. The van der Waals surface area contributed by atoms with Crippen LogP contribution in [0.25, 0.3) is 0 Å². The standard InChI is InChI=1S/C15H21N7O/c1-16-14-9-12(4-6-17-14)13-3-2-7-21(10-13)15(23)5-8-22-11-18-19-20-22/h4,6,9,11,13H,2-3,5,7-8,10H2,1H3,(H,16,17). The summed E-state index contributed by atoms with van der Waals surface area (Å²) in [7, 11) is 1.86. The number of hydrogen-bond acceptors (Lipinski definition) is 6. The van der Waals surface area contributed by atoms with E-state index in [9.17, 15) is 4.79 Å². The molecule has 0 spiro atoms. The van der Waals surface area contributed by atoms with E-state index in [-0.39, 0.29) is 5.91 Å². The topological polar surface area (TPSA) is 88.8 Å². The zero-order valence-corrected chi connectivity index (χ0v) is 13.2. The van der Waals surface area contributed by atoms with Gasteiger partial charge in [-0.05, 0) is 41.0 Å². The number of anilines is 1. The largest absolute Gasteiger partial charge is 0.373 e. The second-order valence-electron chi connectivity index (χ2n) is 5.73. The lowest BCUT2D eigenvalue weighted by Gasteiger charge is -2.33. The third-order valence-corrected chi connectivity index (χ3v) is 4.23. The summed E-state index contributed by atoms with van der Waals surface area (Å²) in [5.74, 6) is 1.40. The number of nitrogens with zero attached hydrogens (tertiary/aromatic N) is 6. The van der Waals surface area contributed by atoms with Gasteiger partial charge < -0.3 is 10.2 Å². The molecule has 1 atom stereocenters. The number of pyridine rings is 1. The quantitative estimate of drug-likeness (QED) is 0.882. The fourth-order valence-electron chi connectivity index (χ4n) is 2.96. The van der Waals surface area contributed by atoms with Crippen LogP contribution < -0.4 is 5.32 Å². The normalized spacial score (nSPS) is 18.0. The first kappa shape index (κ1) is 15.4. The lowest BCUT2D eigenvalue weighted by molar-refractivity contribution is -0.132. The van der Waals surface area contributed by atoms with Gasteiger partial charge in [-0.2, -0.15) is 0 Å². The van der Waals surface area contributed by atoms with Crippen molar-refractivity contribution >= 4 is 11.7 Å². The van der Waals surface area contributed by atoms with E-state index in [1.54, 1.807) is 4.68 Å². The molecule has 1 amide bonds. The molecular weight excluding hydrogens is 294 g/mol. The first-order valence-corrected chi connectivity index (χ1v) is 7.88. The Kier molecular flexibility index (Phi) is 4.80. The number of aryl methyl sites for hydroxylation is 1. The molecule has 0 radical (unpaired) electrons. The number of nitrogens with one attached hydrogen (secondary N) is 1. The average Bonchev–Trinajstić information content (AvgIpc) is 3.13. The van der Waals surface area contributed by atoms with Crippen molar-refractivity contribution in [3.05, 3.63) is 30.2 Å². The molecular formula is C15H21N7O. The van der Waals surface area contributed by atoms with Crippen LogP contribution in [-0.2, 0) is 11.3 Å². The Morgan fingerprint density at radius 3 is 3.17 bits per heavy atom. The molecule has 0 aromatic carbocycles. The number of piperidine rings is 1. The van der Waals surface area contributed by atoms with E-state index in [1.165, 1.54) is 11.9 Å². The summed E-state index contributed by atoms with van der Waals surface area (Å²) in [5, 5.41) is 14.0. The highest BCUT2D eigenvalue weighted by Crippen LogP contribution is 2.28. The van der Waals surface area contributed by atoms with Crippen LogP contribution in [0.4, 0.5) is 5.82 Å². The van der Waals surface area contributed by atoms with Crippen LogP contribution in [-0.4, -0.2) is 56.1 Å². The fraction of sp³-hybridized carbons (Fsp3) is 0.533. The average molecular weight is 315 g/mol. The lowest BCUT2D eigenvalue weighted by atomic mass is 9.91. The van der Waals surface area contributed by atoms with Crippen molar-refractivity contribution in [3.8, 4) is 0 Å². The van der Waals surface area contributed by atoms with Crippen molar-refractivity contribution < 1.29 is 4.79 Å². The number of carbonyl (C=O) groups is 1. The predicted octanol–water partition coefficient (Wildman–Crippen LogP) is 0.906. The summed E-state index contributed by atoms with van der Waals surface area (Å²) in [6.07, 6.45) is 5.90. The fourth-order valence-corrected chi connectivity index (χ4v) is 2.96. The number of carbonyl (C=O) groups excluding carboxylic acids is 1. The molecule has 122 valence electrons. The van der Waals surface area contributed by atoms with Crippen molar-refractivity contribution in [2.45, 2.75) is 31.7 Å². The summed E-state index contributed by atoms with van der Waals surface area (Å²) in [6.45, 7) is 2.11. The highest BCUT2D eigenvalue weighted by molar-refractivity contribution is 5.76. The molecule has 0 saturated carbocycles. The van der Waals surface area contributed by atoms with Gasteiger partial charge in [0, 0.05) is 38.7 Å². The Morgan fingerprint density at radius 2 is 2.39 bits per heavy atom. The third-order valence-electron chi connectivity index (χ3n) is 4.23. The summed E-state index contributed by atoms with van der Waals surface area (Å²) in [5.41, 5.74) is 1.24. The van der Waals surface area contributed by atoms with Gasteiger partial charge in [0.15, 0.2) is 0 Å². The van der Waals surface area contributed by atoms with Crippen molar-refractivity contribution in [1.29, 1.82) is 0 Å². The first-order valence-electron chi connectivity index (χ1n) is 7.88. The van der Waals surface area contributed by atoms with Crippen molar-refractivity contribution in [1.82, 2.24) is 30.1 Å². The monoisotopic (exact) mass is 315 g/mol. The Morgan fingerprint density at radius 1 is 1.48 bits per heavy atom. The zero-order chi connectivity index (χ0) is 16.1. The van der Waals surface area contributed by atoms with Crippen LogP contribution in [0.2, 0.25) is 0 Å². The molecule has 1 unspecified atom stereocenters. The number of amides is 1. The van der Waals surface area contributed by atoms with Crippen LogP contribution >= 0.6 is 0 Å². The molecule has 23 heavy (non-hydrogen) atoms. The molecule has 3 rings (SSSR count). The van der Waals surface area contributed by atoms with Gasteiger partial charge in [-0.15, -0.1) is 5.10 Å². The van der Waals surface area contributed by atoms with Crippen LogP contribution in [0.3, 0.4) is 0 Å². The SMILES string of the molecule is CNc1cc(C2CCCN(C(=O)CCn3cnnn3)C2)ccn1. The number of aromatic nitrogens is 5. The van der Waals surface area contributed by atoms with E-state index >= 15 is 0 Å². The van der Waals surface area contributed by atoms with Gasteiger partial charge in [0.25, 0.3) is 0 Å². The van der Waals surface area contributed by atoms with Gasteiger partial charge in [0.05, 0.1) is 6.54 Å². The van der Waals surface area contributed by atoms with Gasteiger partial charge >= 0.3 is 0 Å². The second kappa shape index (κ2) is 7.17. The molecule has 0 aliphatic carbocycles. The van der Waals surface area contributed by atoms with E-state index in [4.69, 9.17) is 0 Å². The Balaban J connectivity index is 1.59. The van der Waals surface area contributed by atoms with Gasteiger partial charge in [0.1, 0.15) is 12.1 Å². The maximum absolute atomic E-state index is 12.4. The molecule has 0 bridgehead atoms. The number of likely N-dealkylation sites (tertiary alicyclic amines) is 1. The Bertz CT molecular complexity index is 643. The van der Waals surface area contributed by atoms with E-state index in [1.807, 2.05) is 24.2 Å². The molecule has 8 heteroatoms. The summed E-state index contributed by atoms with van der Waals surface area (Å²) in [6, 6.07) is 4.11. The van der Waals surface area contributed by atoms with Crippen LogP contribution in [0.15, 0.2) is 24.7 Å². The molecule has 1 saturated heterocycles. The number of tetrazole rings is 1. The molecule has 1 aliphatic heterocycles. The Hall–Kier alpha value is -2.51. The molecule has 2 aromatic rings. The van der Waals surface area contributed by atoms with Gasteiger partial charge in [-0.1, -0.05) is 0 Å². The smallest absolute Gasteiger partial charge is 0.224 e. The van der Waals surface area contributed by atoms with Gasteiger partial charge in [0.2, 0.25) is 5.91 Å². The highest BCUT2D eigenvalue weighted by atomic mass is 16.2. The molecule has 1 aliphatic rings. The highest BCUT2D eigenvalue weighted by Gasteiger charge is 2.24. The van der Waals surface area contributed by atoms with Crippen molar-refractivity contribution in [2.24, 2.45) is 0 Å². The summed E-state index contributed by atoms with van der Waals surface area (Å²) >= 11 is 0. The minimum atomic E-state index is 0.160. The predicted molar refractivity (Wildman–Crippen MR) is 84.8 cm³/mol. The van der Waals surface area contributed by atoms with Crippen molar-refractivity contribution in [2.75, 3.05) is 25.5 Å². The first-order chi connectivity index (χ1) is 11.3. The van der Waals surface area contributed by atoms with E-state index in [0.29, 0.717) is 18.9 Å². The van der Waals surface area contributed by atoms with Crippen LogP contribution in [0.5, 0.6) is 0 Å². The second-order valence-corrected chi connectivity index (χ2v) is 5.73. The summed E-state index contributed by atoms with van der Waals surface area (Å²) in [4.78, 5) is 18.6. The van der Waals surface area contributed by atoms with Gasteiger partial charge in [-0.25, -0.2) is 9.67 Å². The van der Waals surface area contributed by atoms with E-state index < -0.39 is 0 Å². The molecule has 3 heterocycles. The third kappa shape index (κ3) is 3.82. The van der Waals surface area contributed by atoms with E-state index in [0.717, 1.165) is 31.7 Å². The van der Waals surface area contributed by atoms with Crippen LogP contribution in [0, 0.1) is 0 Å². The molecule has 2 aromatic heterocycles. The van der Waals surface area contributed by atoms with Crippen molar-refractivity contribution in [3.63, 3.8) is 0 Å². The zero-order valence-electron chi connectivity index (χ0n) is 13.2. The minimum absolute atomic E-state index is 0.160. The lowest BCUT2D eigenvalue weighted by Crippen LogP contribution is -2.39. The summed E-state index contributed by atoms with van der Waals surface area (Å²) < 4.78 is 1.58. The Labute approximate surface area is 134 Å². The molecule has 1 fully saturated rings. The molecule has 8 nitrogen and oxygen atoms in total. The number of hydrogen-bond donors (Lipinski definition) is 1. The van der Waals surface area contributed by atoms with Gasteiger partial charge in [-0.3, -0.25) is 4.79 Å². The van der Waals surface area contributed by atoms with Crippen LogP contribution in [0.1, 0.15) is 30.7 Å². The molecule has 1 N–H and O–H groups in total. The maximum Gasteiger partial charge on any atom is 0.224 e. The number of rotatable bonds is 5. The van der Waals surface area contributed by atoms with E-state index in [2.05, 4.69) is 31.9 Å². The maximum atomic E-state index is 12.4.